The zero-order valence-electron chi connectivity index (χ0n) is 12.1. The minimum Gasteiger partial charge on any atom is -0.409 e. The predicted octanol–water partition coefficient (Wildman–Crippen LogP) is 1.57. The molecule has 3 rings (SSSR count). The number of aliphatic hydroxyl groups excluding tert-OH is 1. The van der Waals surface area contributed by atoms with Crippen molar-refractivity contribution in [2.45, 2.75) is 31.4 Å². The lowest BCUT2D eigenvalue weighted by Gasteiger charge is -2.29. The zero-order chi connectivity index (χ0) is 14.8. The molecule has 2 fully saturated rings. The van der Waals surface area contributed by atoms with Crippen LogP contribution < -0.4 is 5.73 Å². The van der Waals surface area contributed by atoms with Gasteiger partial charge in [0.25, 0.3) is 0 Å². The Morgan fingerprint density at radius 3 is 2.71 bits per heavy atom. The Morgan fingerprint density at radius 2 is 2.05 bits per heavy atom. The van der Waals surface area contributed by atoms with E-state index in [-0.39, 0.29) is 18.0 Å². The molecular formula is C16H23N3O2. The molecule has 1 aliphatic heterocycles. The summed E-state index contributed by atoms with van der Waals surface area (Å²) in [6.45, 7) is 1.88. The summed E-state index contributed by atoms with van der Waals surface area (Å²) in [4.78, 5) is 2.38. The number of nitrogens with zero attached hydrogens (tertiary/aromatic N) is 2. The number of rotatable bonds is 4. The van der Waals surface area contributed by atoms with Crippen molar-refractivity contribution >= 4 is 5.84 Å². The Kier molecular flexibility index (Phi) is 4.12. The van der Waals surface area contributed by atoms with E-state index in [9.17, 15) is 5.11 Å². The van der Waals surface area contributed by atoms with Crippen LogP contribution in [0.5, 0.6) is 0 Å². The van der Waals surface area contributed by atoms with E-state index in [1.807, 2.05) is 18.2 Å². The molecule has 1 saturated carbocycles. The maximum Gasteiger partial charge on any atom is 0.141 e. The van der Waals surface area contributed by atoms with Gasteiger partial charge in [-0.2, -0.15) is 0 Å². The minimum atomic E-state index is -0.166. The largest absolute Gasteiger partial charge is 0.409 e. The van der Waals surface area contributed by atoms with Gasteiger partial charge < -0.3 is 16.0 Å². The Labute approximate surface area is 125 Å². The molecule has 1 aromatic rings. The lowest BCUT2D eigenvalue weighted by Crippen LogP contribution is -2.32. The van der Waals surface area contributed by atoms with E-state index in [2.05, 4.69) is 22.2 Å². The second kappa shape index (κ2) is 6.03. The molecule has 21 heavy (non-hydrogen) atoms. The molecule has 0 spiro atoms. The molecule has 0 aromatic heterocycles. The summed E-state index contributed by atoms with van der Waals surface area (Å²) in [7, 11) is 0. The van der Waals surface area contributed by atoms with Crippen LogP contribution in [0.3, 0.4) is 0 Å². The van der Waals surface area contributed by atoms with Crippen LogP contribution in [-0.2, 0) is 0 Å². The van der Waals surface area contributed by atoms with Crippen LogP contribution in [0, 0.1) is 11.8 Å². The Bertz CT molecular complexity index is 506. The van der Waals surface area contributed by atoms with Crippen LogP contribution in [0.1, 0.15) is 30.9 Å². The first-order chi connectivity index (χ1) is 10.2. The normalized spacial score (nSPS) is 31.3. The quantitative estimate of drug-likeness (QED) is 0.340. The van der Waals surface area contributed by atoms with Crippen molar-refractivity contribution in [3.8, 4) is 0 Å². The first kappa shape index (κ1) is 14.4. The summed E-state index contributed by atoms with van der Waals surface area (Å²) in [5.74, 6) is 1.21. The first-order valence-electron chi connectivity index (χ1n) is 7.62. The molecule has 1 saturated heterocycles. The lowest BCUT2D eigenvalue weighted by molar-refractivity contribution is 0.118. The number of aliphatic hydroxyl groups is 1. The van der Waals surface area contributed by atoms with E-state index in [4.69, 9.17) is 10.9 Å². The van der Waals surface area contributed by atoms with Crippen LogP contribution in [0.15, 0.2) is 35.5 Å². The highest BCUT2D eigenvalue weighted by Gasteiger charge is 2.43. The number of fused-ring (bicyclic) bond motifs is 1. The van der Waals surface area contributed by atoms with E-state index in [0.717, 1.165) is 25.9 Å². The third-order valence-electron chi connectivity index (χ3n) is 5.00. The first-order valence-corrected chi connectivity index (χ1v) is 7.62. The molecule has 2 aliphatic rings. The van der Waals surface area contributed by atoms with E-state index in [1.165, 1.54) is 5.56 Å². The molecule has 114 valence electrons. The molecule has 0 radical (unpaired) electrons. The average molecular weight is 289 g/mol. The Morgan fingerprint density at radius 1 is 1.29 bits per heavy atom. The van der Waals surface area contributed by atoms with E-state index < -0.39 is 0 Å². The van der Waals surface area contributed by atoms with Gasteiger partial charge >= 0.3 is 0 Å². The number of hydrogen-bond donors (Lipinski definition) is 3. The summed E-state index contributed by atoms with van der Waals surface area (Å²) in [5, 5.41) is 22.1. The molecular weight excluding hydrogens is 266 g/mol. The summed E-state index contributed by atoms with van der Waals surface area (Å²) in [6.07, 6.45) is 2.38. The van der Waals surface area contributed by atoms with Gasteiger partial charge in [-0.1, -0.05) is 35.5 Å². The average Bonchev–Trinajstić information content (AvgIpc) is 3.08. The maximum absolute atomic E-state index is 10.1. The molecule has 0 bridgehead atoms. The Balaban J connectivity index is 1.80. The number of likely N-dealkylation sites (tertiary alicyclic amines) is 1. The smallest absolute Gasteiger partial charge is 0.141 e. The third kappa shape index (κ3) is 2.89. The van der Waals surface area contributed by atoms with Crippen LogP contribution in [0.4, 0.5) is 0 Å². The molecule has 4 N–H and O–H groups in total. The second-order valence-electron chi connectivity index (χ2n) is 6.24. The highest BCUT2D eigenvalue weighted by Crippen LogP contribution is 2.41. The van der Waals surface area contributed by atoms with E-state index in [0.29, 0.717) is 18.3 Å². The molecule has 1 heterocycles. The monoisotopic (exact) mass is 289 g/mol. The van der Waals surface area contributed by atoms with Gasteiger partial charge in [0.15, 0.2) is 0 Å². The van der Waals surface area contributed by atoms with E-state index in [1.54, 1.807) is 0 Å². The fourth-order valence-corrected chi connectivity index (χ4v) is 3.90. The van der Waals surface area contributed by atoms with Gasteiger partial charge in [0, 0.05) is 31.5 Å². The highest BCUT2D eigenvalue weighted by atomic mass is 16.4. The van der Waals surface area contributed by atoms with Gasteiger partial charge in [-0.05, 0) is 24.3 Å². The van der Waals surface area contributed by atoms with Gasteiger partial charge in [-0.15, -0.1) is 0 Å². The number of oxime groups is 1. The van der Waals surface area contributed by atoms with Crippen LogP contribution in [-0.4, -0.2) is 40.2 Å². The van der Waals surface area contributed by atoms with Crippen LogP contribution in [0.2, 0.25) is 0 Å². The van der Waals surface area contributed by atoms with Gasteiger partial charge in [0.2, 0.25) is 0 Å². The van der Waals surface area contributed by atoms with Crippen molar-refractivity contribution in [3.63, 3.8) is 0 Å². The third-order valence-corrected chi connectivity index (χ3v) is 5.00. The summed E-state index contributed by atoms with van der Waals surface area (Å²) < 4.78 is 0. The maximum atomic E-state index is 10.1. The molecule has 0 amide bonds. The summed E-state index contributed by atoms with van der Waals surface area (Å²) in [6, 6.07) is 10.3. The summed E-state index contributed by atoms with van der Waals surface area (Å²) >= 11 is 0. The number of amidine groups is 1. The van der Waals surface area contributed by atoms with Crippen molar-refractivity contribution in [1.29, 1.82) is 0 Å². The minimum absolute atomic E-state index is 0.111. The highest BCUT2D eigenvalue weighted by molar-refractivity contribution is 5.80. The zero-order valence-corrected chi connectivity index (χ0v) is 12.1. The topological polar surface area (TPSA) is 82.1 Å². The standard InChI is InChI=1S/C16H23N3O2/c17-16(18-21)8-14(11-4-2-1-3-5-11)19-9-12-6-7-15(20)13(12)10-19/h1-5,12-15,20-21H,6-10H2,(H2,17,18). The van der Waals surface area contributed by atoms with E-state index >= 15 is 0 Å². The van der Waals surface area contributed by atoms with Crippen molar-refractivity contribution in [1.82, 2.24) is 4.90 Å². The SMILES string of the molecule is N/C(CC(c1ccccc1)N1CC2CCC(O)C2C1)=N/O. The van der Waals surface area contributed by atoms with Gasteiger partial charge in [-0.25, -0.2) is 0 Å². The summed E-state index contributed by atoms with van der Waals surface area (Å²) in [5.41, 5.74) is 6.93. The van der Waals surface area contributed by atoms with Crippen molar-refractivity contribution in [3.05, 3.63) is 35.9 Å². The van der Waals surface area contributed by atoms with Crippen LogP contribution in [0.25, 0.3) is 0 Å². The number of hydrogen-bond acceptors (Lipinski definition) is 4. The number of nitrogens with two attached hydrogens (primary N) is 1. The molecule has 1 aromatic carbocycles. The van der Waals surface area contributed by atoms with Gasteiger partial charge in [0.1, 0.15) is 5.84 Å². The molecule has 5 heteroatoms. The number of benzene rings is 1. The molecule has 4 atom stereocenters. The predicted molar refractivity (Wildman–Crippen MR) is 81.0 cm³/mol. The fourth-order valence-electron chi connectivity index (χ4n) is 3.90. The van der Waals surface area contributed by atoms with Crippen molar-refractivity contribution in [2.75, 3.05) is 13.1 Å². The fraction of sp³-hybridized carbons (Fsp3) is 0.562. The van der Waals surface area contributed by atoms with Gasteiger partial charge in [-0.3, -0.25) is 4.90 Å². The van der Waals surface area contributed by atoms with Crippen molar-refractivity contribution in [2.24, 2.45) is 22.7 Å². The molecule has 4 unspecified atom stereocenters. The lowest BCUT2D eigenvalue weighted by atomic mass is 9.99. The van der Waals surface area contributed by atoms with Gasteiger partial charge in [0.05, 0.1) is 6.10 Å². The molecule has 5 nitrogen and oxygen atoms in total. The second-order valence-corrected chi connectivity index (χ2v) is 6.24. The van der Waals surface area contributed by atoms with Crippen LogP contribution >= 0.6 is 0 Å². The van der Waals surface area contributed by atoms with Crippen molar-refractivity contribution < 1.29 is 10.3 Å². The Hall–Kier alpha value is -1.59. The molecule has 1 aliphatic carbocycles.